The highest BCUT2D eigenvalue weighted by Crippen LogP contribution is 2.25. The summed E-state index contributed by atoms with van der Waals surface area (Å²) in [7, 11) is 0. The molecule has 106 valence electrons. The van der Waals surface area contributed by atoms with E-state index in [1.165, 1.54) is 33.7 Å². The van der Waals surface area contributed by atoms with Crippen LogP contribution in [0.1, 0.15) is 24.1 Å². The Balaban J connectivity index is 1.93. The topological polar surface area (TPSA) is 29.9 Å². The Morgan fingerprint density at radius 1 is 1.14 bits per heavy atom. The molecule has 0 radical (unpaired) electrons. The SMILES string of the molecule is CCc1nc2c(n1-c1ccc3ccccc3c1)CCNC2. The Hall–Kier alpha value is -2.13. The highest BCUT2D eigenvalue weighted by molar-refractivity contribution is 5.84. The molecule has 3 nitrogen and oxygen atoms in total. The van der Waals surface area contributed by atoms with E-state index in [0.29, 0.717) is 0 Å². The second-order valence-corrected chi connectivity index (χ2v) is 5.57. The molecule has 0 atom stereocenters. The van der Waals surface area contributed by atoms with Crippen molar-refractivity contribution in [2.24, 2.45) is 0 Å². The van der Waals surface area contributed by atoms with Crippen LogP contribution in [0.2, 0.25) is 0 Å². The van der Waals surface area contributed by atoms with Crippen molar-refractivity contribution in [1.29, 1.82) is 0 Å². The summed E-state index contributed by atoms with van der Waals surface area (Å²) in [6, 6.07) is 15.2. The summed E-state index contributed by atoms with van der Waals surface area (Å²) in [6.45, 7) is 4.11. The molecular weight excluding hydrogens is 258 g/mol. The average Bonchev–Trinajstić information content (AvgIpc) is 2.93. The fourth-order valence-corrected chi connectivity index (χ4v) is 3.22. The first kappa shape index (κ1) is 12.6. The average molecular weight is 277 g/mol. The Bertz CT molecular complexity index is 801. The molecule has 0 unspecified atom stereocenters. The van der Waals surface area contributed by atoms with Gasteiger partial charge in [-0.3, -0.25) is 0 Å². The van der Waals surface area contributed by atoms with Gasteiger partial charge in [0, 0.05) is 37.3 Å². The molecule has 0 bridgehead atoms. The molecule has 1 aliphatic rings. The van der Waals surface area contributed by atoms with Crippen LogP contribution in [0.25, 0.3) is 16.5 Å². The minimum Gasteiger partial charge on any atom is -0.311 e. The fraction of sp³-hybridized carbons (Fsp3) is 0.278. The maximum Gasteiger partial charge on any atom is 0.113 e. The number of benzene rings is 2. The highest BCUT2D eigenvalue weighted by atomic mass is 15.1. The lowest BCUT2D eigenvalue weighted by atomic mass is 10.1. The lowest BCUT2D eigenvalue weighted by molar-refractivity contribution is 0.620. The summed E-state index contributed by atoms with van der Waals surface area (Å²) in [5.74, 6) is 1.17. The predicted octanol–water partition coefficient (Wildman–Crippen LogP) is 3.23. The first-order valence-electron chi connectivity index (χ1n) is 7.66. The van der Waals surface area contributed by atoms with Gasteiger partial charge in [-0.1, -0.05) is 37.3 Å². The molecule has 1 aliphatic heterocycles. The summed E-state index contributed by atoms with van der Waals surface area (Å²) in [6.07, 6.45) is 2.01. The zero-order valence-electron chi connectivity index (χ0n) is 12.3. The Morgan fingerprint density at radius 2 is 2.00 bits per heavy atom. The zero-order valence-corrected chi connectivity index (χ0v) is 12.3. The summed E-state index contributed by atoms with van der Waals surface area (Å²) >= 11 is 0. The molecule has 1 N–H and O–H groups in total. The van der Waals surface area contributed by atoms with Crippen molar-refractivity contribution < 1.29 is 0 Å². The fourth-order valence-electron chi connectivity index (χ4n) is 3.22. The van der Waals surface area contributed by atoms with Gasteiger partial charge in [0.1, 0.15) is 5.82 Å². The van der Waals surface area contributed by atoms with E-state index in [1.807, 2.05) is 0 Å². The second-order valence-electron chi connectivity index (χ2n) is 5.57. The van der Waals surface area contributed by atoms with Gasteiger partial charge in [0.25, 0.3) is 0 Å². The minimum atomic E-state index is 0.892. The zero-order chi connectivity index (χ0) is 14.2. The van der Waals surface area contributed by atoms with Crippen molar-refractivity contribution >= 4 is 10.8 Å². The van der Waals surface area contributed by atoms with Crippen LogP contribution < -0.4 is 5.32 Å². The number of fused-ring (bicyclic) bond motifs is 2. The van der Waals surface area contributed by atoms with Crippen LogP contribution in [0.5, 0.6) is 0 Å². The molecular formula is C18H19N3. The molecule has 0 saturated carbocycles. The predicted molar refractivity (Wildman–Crippen MR) is 85.9 cm³/mol. The number of hydrogen-bond donors (Lipinski definition) is 1. The van der Waals surface area contributed by atoms with Crippen LogP contribution in [0.15, 0.2) is 42.5 Å². The van der Waals surface area contributed by atoms with E-state index < -0.39 is 0 Å². The summed E-state index contributed by atoms with van der Waals surface area (Å²) in [5.41, 5.74) is 3.83. The van der Waals surface area contributed by atoms with Crippen molar-refractivity contribution in [3.05, 3.63) is 59.7 Å². The van der Waals surface area contributed by atoms with Gasteiger partial charge in [-0.15, -0.1) is 0 Å². The summed E-state index contributed by atoms with van der Waals surface area (Å²) in [4.78, 5) is 4.83. The smallest absolute Gasteiger partial charge is 0.113 e. The molecule has 1 aromatic heterocycles. The van der Waals surface area contributed by atoms with Gasteiger partial charge < -0.3 is 9.88 Å². The molecule has 0 fully saturated rings. The normalized spacial score (nSPS) is 14.3. The Labute approximate surface area is 124 Å². The van der Waals surface area contributed by atoms with E-state index in [0.717, 1.165) is 25.9 Å². The number of hydrogen-bond acceptors (Lipinski definition) is 2. The van der Waals surface area contributed by atoms with Crippen molar-refractivity contribution in [3.8, 4) is 5.69 Å². The van der Waals surface area contributed by atoms with E-state index in [4.69, 9.17) is 4.98 Å². The maximum absolute atomic E-state index is 4.83. The van der Waals surface area contributed by atoms with Crippen LogP contribution >= 0.6 is 0 Å². The van der Waals surface area contributed by atoms with Gasteiger partial charge in [-0.25, -0.2) is 4.98 Å². The molecule has 0 saturated heterocycles. The molecule has 2 aromatic carbocycles. The molecule has 0 aliphatic carbocycles. The van der Waals surface area contributed by atoms with Crippen LogP contribution in [0, 0.1) is 0 Å². The first-order chi connectivity index (χ1) is 10.4. The molecule has 4 rings (SSSR count). The van der Waals surface area contributed by atoms with Crippen molar-refractivity contribution in [1.82, 2.24) is 14.9 Å². The molecule has 3 heteroatoms. The van der Waals surface area contributed by atoms with Gasteiger partial charge in [-0.2, -0.15) is 0 Å². The van der Waals surface area contributed by atoms with Gasteiger partial charge in [0.15, 0.2) is 0 Å². The number of nitrogens with one attached hydrogen (secondary N) is 1. The maximum atomic E-state index is 4.83. The number of imidazole rings is 1. The van der Waals surface area contributed by atoms with E-state index in [9.17, 15) is 0 Å². The third-order valence-electron chi connectivity index (χ3n) is 4.26. The van der Waals surface area contributed by atoms with Gasteiger partial charge in [0.2, 0.25) is 0 Å². The molecule has 0 spiro atoms. The molecule has 21 heavy (non-hydrogen) atoms. The van der Waals surface area contributed by atoms with Crippen LogP contribution in [0.3, 0.4) is 0 Å². The molecule has 3 aromatic rings. The largest absolute Gasteiger partial charge is 0.311 e. The van der Waals surface area contributed by atoms with Gasteiger partial charge >= 0.3 is 0 Å². The van der Waals surface area contributed by atoms with Crippen LogP contribution in [-0.2, 0) is 19.4 Å². The third kappa shape index (κ3) is 2.05. The van der Waals surface area contributed by atoms with E-state index >= 15 is 0 Å². The number of nitrogens with zero attached hydrogens (tertiary/aromatic N) is 2. The van der Waals surface area contributed by atoms with Crippen LogP contribution in [-0.4, -0.2) is 16.1 Å². The third-order valence-corrected chi connectivity index (χ3v) is 4.26. The molecule has 2 heterocycles. The quantitative estimate of drug-likeness (QED) is 0.779. The lowest BCUT2D eigenvalue weighted by Gasteiger charge is -2.16. The number of rotatable bonds is 2. The van der Waals surface area contributed by atoms with Gasteiger partial charge in [0.05, 0.1) is 5.69 Å². The number of aromatic nitrogens is 2. The molecule has 0 amide bonds. The second kappa shape index (κ2) is 5.01. The van der Waals surface area contributed by atoms with Crippen molar-refractivity contribution in [3.63, 3.8) is 0 Å². The van der Waals surface area contributed by atoms with E-state index in [2.05, 4.69) is 59.3 Å². The minimum absolute atomic E-state index is 0.892. The standard InChI is InChI=1S/C18H19N3/c1-2-18-20-16-12-19-10-9-17(16)21(18)15-8-7-13-5-3-4-6-14(13)11-15/h3-8,11,19H,2,9-10,12H2,1H3. The van der Waals surface area contributed by atoms with Crippen molar-refractivity contribution in [2.75, 3.05) is 6.54 Å². The van der Waals surface area contributed by atoms with Gasteiger partial charge in [-0.05, 0) is 22.9 Å². The lowest BCUT2D eigenvalue weighted by Crippen LogP contribution is -2.24. The van der Waals surface area contributed by atoms with Crippen molar-refractivity contribution in [2.45, 2.75) is 26.3 Å². The van der Waals surface area contributed by atoms with E-state index in [-0.39, 0.29) is 0 Å². The van der Waals surface area contributed by atoms with E-state index in [1.54, 1.807) is 0 Å². The first-order valence-corrected chi connectivity index (χ1v) is 7.66. The Kier molecular flexibility index (Phi) is 3.00. The number of aryl methyl sites for hydroxylation is 1. The monoisotopic (exact) mass is 277 g/mol. The Morgan fingerprint density at radius 3 is 2.86 bits per heavy atom. The summed E-state index contributed by atoms with van der Waals surface area (Å²) in [5, 5.41) is 5.98. The highest BCUT2D eigenvalue weighted by Gasteiger charge is 2.19. The van der Waals surface area contributed by atoms with Crippen LogP contribution in [0.4, 0.5) is 0 Å². The summed E-state index contributed by atoms with van der Waals surface area (Å²) < 4.78 is 2.36.